The number of aromatic nitrogens is 2. The Morgan fingerprint density at radius 2 is 1.74 bits per heavy atom. The number of nitrogens with zero attached hydrogens (tertiary/aromatic N) is 4. The van der Waals surface area contributed by atoms with Gasteiger partial charge in [0.05, 0.1) is 21.4 Å². The number of halogens is 3. The van der Waals surface area contributed by atoms with Crippen LogP contribution in [0.1, 0.15) is 5.69 Å². The Bertz CT molecular complexity index is 1140. The Morgan fingerprint density at radius 3 is 2.37 bits per heavy atom. The van der Waals surface area contributed by atoms with Crippen LogP contribution in [0, 0.1) is 6.92 Å². The topological polar surface area (TPSA) is 103 Å². The summed E-state index contributed by atoms with van der Waals surface area (Å²) in [5, 5.41) is 12.4. The fraction of sp³-hybridized carbons (Fsp3) is 0.0625. The fourth-order valence-corrected chi connectivity index (χ4v) is 4.09. The van der Waals surface area contributed by atoms with Crippen molar-refractivity contribution in [2.24, 2.45) is 10.2 Å². The molecule has 140 valence electrons. The number of azo groups is 1. The minimum atomic E-state index is -4.03. The highest BCUT2D eigenvalue weighted by atomic mass is 35.7. The quantitative estimate of drug-likeness (QED) is 0.429. The lowest BCUT2D eigenvalue weighted by Crippen LogP contribution is -2.01. The number of hydrogen-bond donors (Lipinski definition) is 1. The van der Waals surface area contributed by atoms with Crippen molar-refractivity contribution in [1.29, 1.82) is 0 Å². The number of para-hydroxylation sites is 1. The lowest BCUT2D eigenvalue weighted by atomic mass is 10.3. The van der Waals surface area contributed by atoms with Gasteiger partial charge in [0.1, 0.15) is 10.6 Å². The summed E-state index contributed by atoms with van der Waals surface area (Å²) in [4.78, 5) is -0.303. The van der Waals surface area contributed by atoms with Gasteiger partial charge in [-0.2, -0.15) is 5.10 Å². The third-order valence-corrected chi connectivity index (χ3v) is 5.68. The van der Waals surface area contributed by atoms with E-state index in [-0.39, 0.29) is 20.6 Å². The number of hydrogen-bond acceptors (Lipinski definition) is 6. The van der Waals surface area contributed by atoms with Crippen molar-refractivity contribution in [3.05, 3.63) is 58.2 Å². The van der Waals surface area contributed by atoms with Gasteiger partial charge in [0, 0.05) is 10.7 Å². The van der Waals surface area contributed by atoms with Gasteiger partial charge >= 0.3 is 0 Å². The first-order chi connectivity index (χ1) is 12.7. The highest BCUT2D eigenvalue weighted by Gasteiger charge is 2.18. The molecule has 0 aliphatic carbocycles. The average Bonchev–Trinajstić information content (AvgIpc) is 2.89. The minimum absolute atomic E-state index is 0.0223. The summed E-state index contributed by atoms with van der Waals surface area (Å²) in [5.74, 6) is 0.296. The minimum Gasteiger partial charge on any atom is -0.382 e. The van der Waals surface area contributed by atoms with Gasteiger partial charge in [0.15, 0.2) is 11.5 Å². The van der Waals surface area contributed by atoms with Crippen LogP contribution >= 0.6 is 33.9 Å². The molecule has 0 aliphatic rings. The summed E-state index contributed by atoms with van der Waals surface area (Å²) < 4.78 is 24.5. The molecule has 1 aromatic heterocycles. The first-order valence-corrected chi connectivity index (χ1v) is 10.5. The SMILES string of the molecule is Cc1nn(-c2ccccc2)c(N)c1N=Nc1cc(Cl)c(S(=O)(=O)Cl)cc1Cl. The molecule has 0 bridgehead atoms. The molecule has 0 aliphatic heterocycles. The van der Waals surface area contributed by atoms with Crippen LogP contribution in [0.3, 0.4) is 0 Å². The molecule has 3 rings (SSSR count). The Labute approximate surface area is 169 Å². The van der Waals surface area contributed by atoms with E-state index < -0.39 is 9.05 Å². The lowest BCUT2D eigenvalue weighted by Gasteiger charge is -2.04. The second-order valence-corrected chi connectivity index (χ2v) is 8.79. The number of nitrogens with two attached hydrogens (primary N) is 1. The molecule has 2 N–H and O–H groups in total. The van der Waals surface area contributed by atoms with E-state index in [0.717, 1.165) is 11.8 Å². The summed E-state index contributed by atoms with van der Waals surface area (Å²) in [6, 6.07) is 11.7. The Kier molecular flexibility index (Phi) is 5.43. The third-order valence-electron chi connectivity index (χ3n) is 3.59. The number of aryl methyl sites for hydroxylation is 1. The molecule has 0 atom stereocenters. The third kappa shape index (κ3) is 4.08. The Hall–Kier alpha value is -2.13. The molecule has 0 spiro atoms. The van der Waals surface area contributed by atoms with Crippen molar-refractivity contribution in [3.8, 4) is 5.69 Å². The van der Waals surface area contributed by atoms with Crippen molar-refractivity contribution >= 4 is 60.1 Å². The van der Waals surface area contributed by atoms with Gasteiger partial charge in [0.2, 0.25) is 0 Å². The highest BCUT2D eigenvalue weighted by molar-refractivity contribution is 8.13. The van der Waals surface area contributed by atoms with Crippen LogP contribution in [0.5, 0.6) is 0 Å². The maximum atomic E-state index is 11.5. The summed E-state index contributed by atoms with van der Waals surface area (Å²) in [6.45, 7) is 1.74. The summed E-state index contributed by atoms with van der Waals surface area (Å²) in [5.41, 5.74) is 8.00. The van der Waals surface area contributed by atoms with Crippen LogP contribution in [0.4, 0.5) is 17.2 Å². The molecule has 0 saturated heterocycles. The molecule has 0 unspecified atom stereocenters. The molecule has 11 heteroatoms. The van der Waals surface area contributed by atoms with E-state index in [1.54, 1.807) is 11.6 Å². The number of benzene rings is 2. The van der Waals surface area contributed by atoms with Gasteiger partial charge in [-0.3, -0.25) is 0 Å². The van der Waals surface area contributed by atoms with Crippen LogP contribution < -0.4 is 5.73 Å². The van der Waals surface area contributed by atoms with Crippen LogP contribution in [0.15, 0.2) is 57.6 Å². The van der Waals surface area contributed by atoms with Crippen LogP contribution in [-0.2, 0) is 9.05 Å². The normalized spacial score (nSPS) is 12.0. The van der Waals surface area contributed by atoms with E-state index in [9.17, 15) is 8.42 Å². The number of rotatable bonds is 4. The van der Waals surface area contributed by atoms with E-state index >= 15 is 0 Å². The van der Waals surface area contributed by atoms with Gasteiger partial charge in [-0.1, -0.05) is 41.4 Å². The zero-order chi connectivity index (χ0) is 19.8. The first kappa shape index (κ1) is 19.6. The van der Waals surface area contributed by atoms with Gasteiger partial charge in [-0.25, -0.2) is 13.1 Å². The van der Waals surface area contributed by atoms with Crippen molar-refractivity contribution in [2.45, 2.75) is 11.8 Å². The van der Waals surface area contributed by atoms with E-state index in [2.05, 4.69) is 15.3 Å². The number of nitrogen functional groups attached to an aromatic ring is 1. The highest BCUT2D eigenvalue weighted by Crippen LogP contribution is 2.37. The van der Waals surface area contributed by atoms with Gasteiger partial charge in [-0.15, -0.1) is 10.2 Å². The van der Waals surface area contributed by atoms with Gasteiger partial charge < -0.3 is 5.73 Å². The summed E-state index contributed by atoms with van der Waals surface area (Å²) in [6.07, 6.45) is 0. The predicted molar refractivity (Wildman–Crippen MR) is 106 cm³/mol. The monoisotopic (exact) mass is 443 g/mol. The molecule has 0 saturated carbocycles. The largest absolute Gasteiger partial charge is 0.382 e. The molecule has 7 nitrogen and oxygen atoms in total. The maximum Gasteiger partial charge on any atom is 0.262 e. The molecule has 0 radical (unpaired) electrons. The molecule has 27 heavy (non-hydrogen) atoms. The standard InChI is InChI=1S/C16H12Cl3N5O2S/c1-9-15(16(20)24(23-9)10-5-3-2-4-6-10)22-21-13-7-12(18)14(8-11(13)17)27(19,25)26/h2-8H,20H2,1H3. The van der Waals surface area contributed by atoms with Gasteiger partial charge in [0.25, 0.3) is 9.05 Å². The summed E-state index contributed by atoms with van der Waals surface area (Å²) >= 11 is 12.0. The summed E-state index contributed by atoms with van der Waals surface area (Å²) in [7, 11) is 1.28. The number of anilines is 1. The smallest absolute Gasteiger partial charge is 0.262 e. The lowest BCUT2D eigenvalue weighted by molar-refractivity contribution is 0.609. The van der Waals surface area contributed by atoms with E-state index in [1.165, 1.54) is 6.07 Å². The van der Waals surface area contributed by atoms with Crippen LogP contribution in [0.25, 0.3) is 5.69 Å². The molecule has 3 aromatic rings. The average molecular weight is 445 g/mol. The maximum absolute atomic E-state index is 11.5. The molecule has 0 fully saturated rings. The fourth-order valence-electron chi connectivity index (χ4n) is 2.31. The molecule has 2 aromatic carbocycles. The van der Waals surface area contributed by atoms with Crippen LogP contribution in [0.2, 0.25) is 10.0 Å². The predicted octanol–water partition coefficient (Wildman–Crippen LogP) is 5.41. The van der Waals surface area contributed by atoms with E-state index in [0.29, 0.717) is 17.2 Å². The van der Waals surface area contributed by atoms with Crippen molar-refractivity contribution in [3.63, 3.8) is 0 Å². The molecule has 0 amide bonds. The zero-order valence-electron chi connectivity index (χ0n) is 13.8. The Balaban J connectivity index is 2.01. The van der Waals surface area contributed by atoms with E-state index in [1.807, 2.05) is 30.3 Å². The van der Waals surface area contributed by atoms with E-state index in [4.69, 9.17) is 39.6 Å². The first-order valence-electron chi connectivity index (χ1n) is 7.44. The molecule has 1 heterocycles. The molecular formula is C16H12Cl3N5O2S. The van der Waals surface area contributed by atoms with Crippen molar-refractivity contribution in [1.82, 2.24) is 9.78 Å². The zero-order valence-corrected chi connectivity index (χ0v) is 16.9. The van der Waals surface area contributed by atoms with Crippen molar-refractivity contribution in [2.75, 3.05) is 5.73 Å². The van der Waals surface area contributed by atoms with Gasteiger partial charge in [-0.05, 0) is 31.2 Å². The molecular weight excluding hydrogens is 433 g/mol. The van der Waals surface area contributed by atoms with Crippen molar-refractivity contribution < 1.29 is 8.42 Å². The second-order valence-electron chi connectivity index (χ2n) is 5.44. The van der Waals surface area contributed by atoms with Crippen LogP contribution in [-0.4, -0.2) is 18.2 Å². The Morgan fingerprint density at radius 1 is 1.07 bits per heavy atom. The second kappa shape index (κ2) is 7.47.